The maximum absolute atomic E-state index is 13.4. The van der Waals surface area contributed by atoms with Crippen LogP contribution in [0, 0.1) is 0 Å². The molecule has 0 aromatic heterocycles. The molecule has 0 unspecified atom stereocenters. The number of hydrogen-bond donors (Lipinski definition) is 1. The molecule has 0 radical (unpaired) electrons. The van der Waals surface area contributed by atoms with Crippen molar-refractivity contribution in [3.63, 3.8) is 0 Å². The summed E-state index contributed by atoms with van der Waals surface area (Å²) >= 11 is 2.15. The average molecular weight is 518 g/mol. The second-order valence-electron chi connectivity index (χ2n) is 7.58. The van der Waals surface area contributed by atoms with Crippen LogP contribution in [0.15, 0.2) is 30.3 Å². The molecule has 0 saturated carbocycles. The van der Waals surface area contributed by atoms with Gasteiger partial charge in [-0.05, 0) is 39.2 Å². The minimum absolute atomic E-state index is 0.237. The number of nitrogens with zero attached hydrogens (tertiary/aromatic N) is 1. The van der Waals surface area contributed by atoms with Gasteiger partial charge >= 0.3 is 12.1 Å². The standard InChI is InChI=1S/C21H31IN2O5/c1-6-17(19(26)28-5)24(14-15-10-8-7-9-11-15)18(25)16(12-13-22)23-20(27)29-21(2,3)4/h7-11,16-17H,6,12-14H2,1-5H3,(H,23,27)/t16-,17+/m1/s1. The van der Waals surface area contributed by atoms with E-state index in [2.05, 4.69) is 27.9 Å². The van der Waals surface area contributed by atoms with E-state index in [-0.39, 0.29) is 12.5 Å². The number of alkyl halides is 1. The molecule has 1 N–H and O–H groups in total. The van der Waals surface area contributed by atoms with Crippen molar-refractivity contribution in [2.75, 3.05) is 11.5 Å². The van der Waals surface area contributed by atoms with Gasteiger partial charge in [0.15, 0.2) is 0 Å². The van der Waals surface area contributed by atoms with E-state index in [0.717, 1.165) is 5.56 Å². The number of halogens is 1. The molecule has 0 aliphatic carbocycles. The van der Waals surface area contributed by atoms with Crippen molar-refractivity contribution in [2.45, 2.75) is 64.8 Å². The van der Waals surface area contributed by atoms with E-state index < -0.39 is 29.7 Å². The monoisotopic (exact) mass is 518 g/mol. The fourth-order valence-electron chi connectivity index (χ4n) is 2.79. The first-order valence-corrected chi connectivity index (χ1v) is 11.1. The van der Waals surface area contributed by atoms with Gasteiger partial charge in [0.25, 0.3) is 0 Å². The van der Waals surface area contributed by atoms with Crippen molar-refractivity contribution >= 4 is 40.6 Å². The fraction of sp³-hybridized carbons (Fsp3) is 0.571. The Bertz CT molecular complexity index is 675. The van der Waals surface area contributed by atoms with Gasteiger partial charge in [-0.1, -0.05) is 59.8 Å². The summed E-state index contributed by atoms with van der Waals surface area (Å²) < 4.78 is 10.9. The second kappa shape index (κ2) is 12.0. The largest absolute Gasteiger partial charge is 0.467 e. The summed E-state index contributed by atoms with van der Waals surface area (Å²) in [5, 5.41) is 2.67. The number of hydrogen-bond acceptors (Lipinski definition) is 5. The molecule has 7 nitrogen and oxygen atoms in total. The van der Waals surface area contributed by atoms with Crippen LogP contribution in [0.5, 0.6) is 0 Å². The number of alkyl carbamates (subject to hydrolysis) is 1. The summed E-state index contributed by atoms with van der Waals surface area (Å²) in [7, 11) is 1.30. The highest BCUT2D eigenvalue weighted by atomic mass is 127. The molecular weight excluding hydrogens is 487 g/mol. The first-order valence-electron chi connectivity index (χ1n) is 9.60. The van der Waals surface area contributed by atoms with Crippen LogP contribution in [-0.2, 0) is 25.6 Å². The van der Waals surface area contributed by atoms with Crippen LogP contribution in [0.3, 0.4) is 0 Å². The van der Waals surface area contributed by atoms with E-state index in [1.165, 1.54) is 12.0 Å². The zero-order chi connectivity index (χ0) is 22.0. The summed E-state index contributed by atoms with van der Waals surface area (Å²) in [6, 6.07) is 7.86. The third-order valence-electron chi connectivity index (χ3n) is 4.10. The summed E-state index contributed by atoms with van der Waals surface area (Å²) in [6.07, 6.45) is 0.155. The van der Waals surface area contributed by atoms with Gasteiger partial charge in [-0.2, -0.15) is 0 Å². The van der Waals surface area contributed by atoms with Crippen molar-refractivity contribution in [2.24, 2.45) is 0 Å². The van der Waals surface area contributed by atoms with Crippen LogP contribution in [0.2, 0.25) is 0 Å². The zero-order valence-corrected chi connectivity index (χ0v) is 19.9. The van der Waals surface area contributed by atoms with Crippen LogP contribution in [-0.4, -0.2) is 52.1 Å². The topological polar surface area (TPSA) is 84.9 Å². The van der Waals surface area contributed by atoms with Gasteiger partial charge in [0.05, 0.1) is 7.11 Å². The van der Waals surface area contributed by atoms with E-state index >= 15 is 0 Å². The summed E-state index contributed by atoms with van der Waals surface area (Å²) in [4.78, 5) is 39.5. The molecule has 0 bridgehead atoms. The van der Waals surface area contributed by atoms with Crippen LogP contribution in [0.1, 0.15) is 46.1 Å². The first kappa shape index (κ1) is 25.2. The van der Waals surface area contributed by atoms with Crippen molar-refractivity contribution in [3.8, 4) is 0 Å². The van der Waals surface area contributed by atoms with Gasteiger partial charge in [-0.3, -0.25) is 4.79 Å². The Morgan fingerprint density at radius 1 is 1.17 bits per heavy atom. The van der Waals surface area contributed by atoms with Crippen LogP contribution < -0.4 is 5.32 Å². The molecule has 29 heavy (non-hydrogen) atoms. The molecule has 0 aliphatic rings. The molecule has 0 aliphatic heterocycles. The number of methoxy groups -OCH3 is 1. The highest BCUT2D eigenvalue weighted by Gasteiger charge is 2.34. The average Bonchev–Trinajstić information content (AvgIpc) is 2.66. The van der Waals surface area contributed by atoms with Gasteiger partial charge in [0.1, 0.15) is 17.7 Å². The Balaban J connectivity index is 3.15. The van der Waals surface area contributed by atoms with Crippen molar-refractivity contribution in [1.29, 1.82) is 0 Å². The number of carbonyl (C=O) groups excluding carboxylic acids is 3. The molecule has 1 aromatic rings. The SMILES string of the molecule is CC[C@@H](C(=O)OC)N(Cc1ccccc1)C(=O)[C@@H](CCI)NC(=O)OC(C)(C)C. The van der Waals surface area contributed by atoms with E-state index in [9.17, 15) is 14.4 Å². The van der Waals surface area contributed by atoms with Crippen molar-refractivity contribution < 1.29 is 23.9 Å². The number of carbonyl (C=O) groups is 3. The van der Waals surface area contributed by atoms with Crippen molar-refractivity contribution in [1.82, 2.24) is 10.2 Å². The van der Waals surface area contributed by atoms with Gasteiger partial charge in [0, 0.05) is 11.0 Å². The summed E-state index contributed by atoms with van der Waals surface area (Å²) in [5.41, 5.74) is 0.206. The number of amides is 2. The number of rotatable bonds is 9. The lowest BCUT2D eigenvalue weighted by atomic mass is 10.1. The molecule has 2 atom stereocenters. The number of benzene rings is 1. The molecule has 1 rings (SSSR count). The molecule has 1 aromatic carbocycles. The van der Waals surface area contributed by atoms with E-state index in [0.29, 0.717) is 17.3 Å². The fourth-order valence-corrected chi connectivity index (χ4v) is 3.41. The number of esters is 1. The Hall–Kier alpha value is -1.84. The van der Waals surface area contributed by atoms with Gasteiger partial charge in [0.2, 0.25) is 5.91 Å². The maximum Gasteiger partial charge on any atom is 0.408 e. The lowest BCUT2D eigenvalue weighted by Gasteiger charge is -2.33. The quantitative estimate of drug-likeness (QED) is 0.306. The van der Waals surface area contributed by atoms with E-state index in [4.69, 9.17) is 9.47 Å². The Morgan fingerprint density at radius 2 is 1.79 bits per heavy atom. The van der Waals surface area contributed by atoms with Crippen LogP contribution in [0.4, 0.5) is 4.79 Å². The third kappa shape index (κ3) is 8.59. The zero-order valence-electron chi connectivity index (χ0n) is 17.7. The predicted molar refractivity (Wildman–Crippen MR) is 120 cm³/mol. The minimum atomic E-state index is -0.802. The number of nitrogens with one attached hydrogen (secondary N) is 1. The van der Waals surface area contributed by atoms with Crippen molar-refractivity contribution in [3.05, 3.63) is 35.9 Å². The smallest absolute Gasteiger partial charge is 0.408 e. The molecule has 0 spiro atoms. The molecule has 0 fully saturated rings. The molecule has 162 valence electrons. The second-order valence-corrected chi connectivity index (χ2v) is 8.65. The Labute approximate surface area is 186 Å². The third-order valence-corrected chi connectivity index (χ3v) is 4.72. The van der Waals surface area contributed by atoms with Gasteiger partial charge < -0.3 is 19.7 Å². The molecular formula is C21H31IN2O5. The summed E-state index contributed by atoms with van der Waals surface area (Å²) in [5.74, 6) is -0.823. The first-order chi connectivity index (χ1) is 13.6. The predicted octanol–water partition coefficient (Wildman–Crippen LogP) is 3.69. The van der Waals surface area contributed by atoms with Crippen LogP contribution in [0.25, 0.3) is 0 Å². The van der Waals surface area contributed by atoms with Gasteiger partial charge in [-0.25, -0.2) is 9.59 Å². The Kier molecular flexibility index (Phi) is 10.4. The molecule has 0 heterocycles. The van der Waals surface area contributed by atoms with E-state index in [1.807, 2.05) is 37.3 Å². The van der Waals surface area contributed by atoms with Crippen LogP contribution >= 0.6 is 22.6 Å². The molecule has 8 heteroatoms. The highest BCUT2D eigenvalue weighted by Crippen LogP contribution is 2.16. The Morgan fingerprint density at radius 3 is 2.28 bits per heavy atom. The maximum atomic E-state index is 13.4. The highest BCUT2D eigenvalue weighted by molar-refractivity contribution is 14.1. The molecule has 0 saturated heterocycles. The number of ether oxygens (including phenoxy) is 2. The lowest BCUT2D eigenvalue weighted by molar-refractivity contribution is -0.154. The van der Waals surface area contributed by atoms with Gasteiger partial charge in [-0.15, -0.1) is 0 Å². The lowest BCUT2D eigenvalue weighted by Crippen LogP contribution is -2.54. The summed E-state index contributed by atoms with van der Waals surface area (Å²) in [6.45, 7) is 7.33. The van der Waals surface area contributed by atoms with E-state index in [1.54, 1.807) is 20.8 Å². The normalized spacial score (nSPS) is 13.2. The molecule has 2 amide bonds. The minimum Gasteiger partial charge on any atom is -0.467 e.